The van der Waals surface area contributed by atoms with Crippen LogP contribution in [0.5, 0.6) is 0 Å². The van der Waals surface area contributed by atoms with Gasteiger partial charge in [0.15, 0.2) is 0 Å². The van der Waals surface area contributed by atoms with Gasteiger partial charge in [-0.25, -0.2) is 4.79 Å². The number of hydrogen-bond donors (Lipinski definition) is 0. The van der Waals surface area contributed by atoms with Crippen LogP contribution in [0.25, 0.3) is 0 Å². The topological polar surface area (TPSA) is 26.3 Å². The highest BCUT2D eigenvalue weighted by Gasteiger charge is 2.43. The lowest BCUT2D eigenvalue weighted by molar-refractivity contribution is -0.173. The number of benzene rings is 1. The fourth-order valence-corrected chi connectivity index (χ4v) is 1.54. The minimum Gasteiger partial charge on any atom is -0.461 e. The molecular formula is C11H11ClF2O2. The van der Waals surface area contributed by atoms with Crippen molar-refractivity contribution in [1.82, 2.24) is 0 Å². The molecule has 5 heteroatoms. The van der Waals surface area contributed by atoms with Gasteiger partial charge in [0, 0.05) is 10.6 Å². The summed E-state index contributed by atoms with van der Waals surface area (Å²) in [5.74, 6) is -5.18. The first-order valence-corrected chi connectivity index (χ1v) is 5.09. The average molecular weight is 249 g/mol. The zero-order chi connectivity index (χ0) is 12.3. The van der Waals surface area contributed by atoms with E-state index in [0.29, 0.717) is 5.02 Å². The highest BCUT2D eigenvalue weighted by molar-refractivity contribution is 6.30. The van der Waals surface area contributed by atoms with E-state index >= 15 is 0 Å². The zero-order valence-corrected chi connectivity index (χ0v) is 9.65. The molecule has 1 aromatic rings. The van der Waals surface area contributed by atoms with E-state index in [1.54, 1.807) is 0 Å². The molecule has 16 heavy (non-hydrogen) atoms. The highest BCUT2D eigenvalue weighted by atomic mass is 35.5. The second kappa shape index (κ2) is 4.78. The summed E-state index contributed by atoms with van der Waals surface area (Å²) in [6, 6.07) is 3.83. The van der Waals surface area contributed by atoms with Crippen molar-refractivity contribution in [3.63, 3.8) is 0 Å². The highest BCUT2D eigenvalue weighted by Crippen LogP contribution is 2.33. The van der Waals surface area contributed by atoms with Gasteiger partial charge in [0.2, 0.25) is 0 Å². The van der Waals surface area contributed by atoms with Crippen LogP contribution >= 0.6 is 11.6 Å². The van der Waals surface area contributed by atoms with E-state index in [2.05, 4.69) is 4.74 Å². The maximum Gasteiger partial charge on any atom is 0.381 e. The summed E-state index contributed by atoms with van der Waals surface area (Å²) >= 11 is 5.65. The molecule has 0 saturated carbocycles. The number of rotatable bonds is 3. The molecule has 0 unspecified atom stereocenters. The summed E-state index contributed by atoms with van der Waals surface area (Å²) < 4.78 is 31.5. The Labute approximate surface area is 97.2 Å². The lowest BCUT2D eigenvalue weighted by Crippen LogP contribution is -2.29. The van der Waals surface area contributed by atoms with Crippen molar-refractivity contribution < 1.29 is 18.3 Å². The molecule has 0 aliphatic heterocycles. The second-order valence-electron chi connectivity index (χ2n) is 3.25. The van der Waals surface area contributed by atoms with Crippen LogP contribution in [0, 0.1) is 6.92 Å². The van der Waals surface area contributed by atoms with Gasteiger partial charge in [-0.15, -0.1) is 0 Å². The maximum atomic E-state index is 13.6. The molecular weight excluding hydrogens is 238 g/mol. The number of carbonyl (C=O) groups is 1. The van der Waals surface area contributed by atoms with Gasteiger partial charge in [-0.2, -0.15) is 8.78 Å². The van der Waals surface area contributed by atoms with Crippen molar-refractivity contribution in [2.45, 2.75) is 19.8 Å². The second-order valence-corrected chi connectivity index (χ2v) is 3.69. The smallest absolute Gasteiger partial charge is 0.381 e. The minimum atomic E-state index is -3.63. The minimum absolute atomic E-state index is 0.0823. The molecule has 0 spiro atoms. The number of ether oxygens (including phenoxy) is 1. The van der Waals surface area contributed by atoms with Crippen molar-refractivity contribution in [3.8, 4) is 0 Å². The molecule has 1 rings (SSSR count). The number of aryl methyl sites for hydroxylation is 1. The third-order valence-electron chi connectivity index (χ3n) is 2.06. The fourth-order valence-electron chi connectivity index (χ4n) is 1.31. The van der Waals surface area contributed by atoms with E-state index in [9.17, 15) is 13.6 Å². The van der Waals surface area contributed by atoms with Gasteiger partial charge in [0.25, 0.3) is 0 Å². The van der Waals surface area contributed by atoms with E-state index in [4.69, 9.17) is 11.6 Å². The van der Waals surface area contributed by atoms with E-state index in [1.165, 1.54) is 26.0 Å². The van der Waals surface area contributed by atoms with Gasteiger partial charge in [0.1, 0.15) is 0 Å². The standard InChI is InChI=1S/C11H11ClF2O2/c1-3-16-10(15)11(13,14)9-5-4-8(12)6-7(9)2/h4-6H,3H2,1-2H3. The van der Waals surface area contributed by atoms with E-state index in [0.717, 1.165) is 6.07 Å². The van der Waals surface area contributed by atoms with Crippen molar-refractivity contribution >= 4 is 17.6 Å². The lowest BCUT2D eigenvalue weighted by atomic mass is 10.0. The quantitative estimate of drug-likeness (QED) is 0.767. The van der Waals surface area contributed by atoms with E-state index in [-0.39, 0.29) is 17.7 Å². The molecule has 0 radical (unpaired) electrons. The summed E-state index contributed by atoms with van der Waals surface area (Å²) in [6.45, 7) is 2.86. The van der Waals surface area contributed by atoms with Crippen LogP contribution in [0.1, 0.15) is 18.1 Å². The Kier molecular flexibility index (Phi) is 3.86. The number of esters is 1. The summed E-state index contributed by atoms with van der Waals surface area (Å²) in [4.78, 5) is 11.1. The van der Waals surface area contributed by atoms with Crippen LogP contribution in [0.4, 0.5) is 8.78 Å². The Bertz CT molecular complexity index is 405. The van der Waals surface area contributed by atoms with E-state index in [1.807, 2.05) is 0 Å². The van der Waals surface area contributed by atoms with Crippen LogP contribution in [0.2, 0.25) is 5.02 Å². The Morgan fingerprint density at radius 1 is 1.50 bits per heavy atom. The van der Waals surface area contributed by atoms with Gasteiger partial charge in [0.05, 0.1) is 6.61 Å². The molecule has 0 N–H and O–H groups in total. The Morgan fingerprint density at radius 3 is 2.62 bits per heavy atom. The monoisotopic (exact) mass is 248 g/mol. The molecule has 0 bridgehead atoms. The molecule has 0 aromatic heterocycles. The largest absolute Gasteiger partial charge is 0.461 e. The number of hydrogen-bond acceptors (Lipinski definition) is 2. The van der Waals surface area contributed by atoms with Crippen molar-refractivity contribution in [3.05, 3.63) is 34.3 Å². The molecule has 2 nitrogen and oxygen atoms in total. The molecule has 0 saturated heterocycles. The average Bonchev–Trinajstić information content (AvgIpc) is 2.17. The maximum absolute atomic E-state index is 13.6. The van der Waals surface area contributed by atoms with Crippen LogP contribution in [-0.4, -0.2) is 12.6 Å². The van der Waals surface area contributed by atoms with Gasteiger partial charge < -0.3 is 4.74 Å². The molecule has 1 aromatic carbocycles. The predicted octanol–water partition coefficient (Wildman–Crippen LogP) is 3.30. The van der Waals surface area contributed by atoms with Crippen LogP contribution in [-0.2, 0) is 15.5 Å². The van der Waals surface area contributed by atoms with E-state index < -0.39 is 11.9 Å². The molecule has 88 valence electrons. The summed E-state index contributed by atoms with van der Waals surface area (Å²) in [5.41, 5.74) is -0.124. The first-order valence-electron chi connectivity index (χ1n) is 4.71. The van der Waals surface area contributed by atoms with Crippen LogP contribution in [0.15, 0.2) is 18.2 Å². The molecule has 0 heterocycles. The Morgan fingerprint density at radius 2 is 2.12 bits per heavy atom. The van der Waals surface area contributed by atoms with Gasteiger partial charge >= 0.3 is 11.9 Å². The molecule has 0 aliphatic carbocycles. The first-order chi connectivity index (χ1) is 7.39. The van der Waals surface area contributed by atoms with Crippen LogP contribution in [0.3, 0.4) is 0 Å². The third-order valence-corrected chi connectivity index (χ3v) is 2.29. The number of alkyl halides is 2. The Balaban J connectivity index is 3.11. The third kappa shape index (κ3) is 2.50. The van der Waals surface area contributed by atoms with Gasteiger partial charge in [-0.05, 0) is 31.5 Å². The molecule has 0 fully saturated rings. The zero-order valence-electron chi connectivity index (χ0n) is 8.89. The number of carbonyl (C=O) groups excluding carboxylic acids is 1. The molecule has 0 amide bonds. The predicted molar refractivity (Wildman–Crippen MR) is 56.7 cm³/mol. The summed E-state index contributed by atoms with van der Waals surface area (Å²) in [5, 5.41) is 0.348. The SMILES string of the molecule is CCOC(=O)C(F)(F)c1ccc(Cl)cc1C. The van der Waals surface area contributed by atoms with Crippen molar-refractivity contribution in [2.75, 3.05) is 6.61 Å². The first kappa shape index (κ1) is 12.9. The fraction of sp³-hybridized carbons (Fsp3) is 0.364. The summed E-state index contributed by atoms with van der Waals surface area (Å²) in [7, 11) is 0. The van der Waals surface area contributed by atoms with Gasteiger partial charge in [-0.3, -0.25) is 0 Å². The lowest BCUT2D eigenvalue weighted by Gasteiger charge is -2.17. The Hall–Kier alpha value is -1.16. The van der Waals surface area contributed by atoms with Gasteiger partial charge in [-0.1, -0.05) is 17.7 Å². The van der Waals surface area contributed by atoms with Crippen molar-refractivity contribution in [2.24, 2.45) is 0 Å². The normalized spacial score (nSPS) is 11.3. The van der Waals surface area contributed by atoms with Crippen LogP contribution < -0.4 is 0 Å². The summed E-state index contributed by atoms with van der Waals surface area (Å²) in [6.07, 6.45) is 0. The van der Waals surface area contributed by atoms with Crippen molar-refractivity contribution in [1.29, 1.82) is 0 Å². The molecule has 0 aliphatic rings. The molecule has 0 atom stereocenters. The number of halogens is 3.